The average Bonchev–Trinajstić information content (AvgIpc) is 2.00. The summed E-state index contributed by atoms with van der Waals surface area (Å²) in [4.78, 5) is 0. The number of rotatable bonds is 5. The predicted molar refractivity (Wildman–Crippen MR) is 70.3 cm³/mol. The average molecular weight is 271 g/mol. The van der Waals surface area contributed by atoms with Gasteiger partial charge in [0.2, 0.25) is 0 Å². The van der Waals surface area contributed by atoms with Crippen molar-refractivity contribution in [1.29, 1.82) is 0 Å². The lowest BCUT2D eigenvalue weighted by Gasteiger charge is -1.93. The molecule has 0 unspecified atom stereocenters. The minimum absolute atomic E-state index is 0. The van der Waals surface area contributed by atoms with Crippen LogP contribution in [-0.2, 0) is 0 Å². The van der Waals surface area contributed by atoms with Crippen LogP contribution in [0.2, 0.25) is 0 Å². The van der Waals surface area contributed by atoms with Crippen molar-refractivity contribution >= 4 is 46.4 Å². The third kappa shape index (κ3) is 43.2. The summed E-state index contributed by atoms with van der Waals surface area (Å²) in [6.45, 7) is 3.46. The monoisotopic (exact) mass is 270 g/mol. The van der Waals surface area contributed by atoms with Crippen LogP contribution in [0.1, 0.15) is 6.92 Å². The molecule has 0 radical (unpaired) electrons. The number of hydrogen-bond donors (Lipinski definition) is 3. The third-order valence-corrected chi connectivity index (χ3v) is 2.96. The maximum absolute atomic E-state index is 7.57. The fraction of sp³-hybridized carbons (Fsp3) is 1.00. The maximum Gasteiger partial charge on any atom is 0.0402 e. The van der Waals surface area contributed by atoms with E-state index in [0.29, 0.717) is 0 Å². The summed E-state index contributed by atoms with van der Waals surface area (Å²) in [7, 11) is 3.58. The highest BCUT2D eigenvalue weighted by Gasteiger charge is 1.84. The molecule has 0 spiro atoms. The molecule has 0 atom stereocenters. The van der Waals surface area contributed by atoms with Crippen LogP contribution in [0, 0.1) is 0 Å². The molecule has 13 heavy (non-hydrogen) atoms. The third-order valence-electron chi connectivity index (χ3n) is 0.486. The molecule has 0 heterocycles. The Morgan fingerprint density at radius 3 is 1.38 bits per heavy atom. The van der Waals surface area contributed by atoms with Gasteiger partial charge >= 0.3 is 0 Å². The highest BCUT2D eigenvalue weighted by molar-refractivity contribution is 8.76. The van der Waals surface area contributed by atoms with Crippen molar-refractivity contribution in [3.63, 3.8) is 0 Å². The molecule has 7 heteroatoms. The maximum atomic E-state index is 7.57. The van der Waals surface area contributed by atoms with Crippen LogP contribution in [0.3, 0.4) is 0 Å². The SMILES string of the molecule is CCO.Cl.Cl.NCCSSCCN. The summed E-state index contributed by atoms with van der Waals surface area (Å²) in [6.07, 6.45) is 0. The zero-order valence-electron chi connectivity index (χ0n) is 7.77. The molecule has 0 aliphatic heterocycles. The van der Waals surface area contributed by atoms with Gasteiger partial charge in [0, 0.05) is 31.2 Å². The fourth-order valence-corrected chi connectivity index (χ4v) is 1.93. The highest BCUT2D eigenvalue weighted by Crippen LogP contribution is 2.18. The molecule has 5 N–H and O–H groups in total. The standard InChI is InChI=1S/C4H12N2S2.C2H6O.2ClH/c5-1-3-7-8-4-2-6;1-2-3;;/h1-6H2;3H,2H2,1H3;2*1H. The van der Waals surface area contributed by atoms with Gasteiger partial charge < -0.3 is 16.6 Å². The van der Waals surface area contributed by atoms with Crippen LogP contribution in [-0.4, -0.2) is 36.3 Å². The number of halogens is 2. The molecular formula is C6H20Cl2N2OS2. The van der Waals surface area contributed by atoms with Crippen molar-refractivity contribution in [3.05, 3.63) is 0 Å². The highest BCUT2D eigenvalue weighted by atomic mass is 35.5. The lowest BCUT2D eigenvalue weighted by molar-refractivity contribution is 0.318. The quantitative estimate of drug-likeness (QED) is 0.516. The van der Waals surface area contributed by atoms with Gasteiger partial charge in [0.25, 0.3) is 0 Å². The topological polar surface area (TPSA) is 72.3 Å². The summed E-state index contributed by atoms with van der Waals surface area (Å²) in [5.41, 5.74) is 10.5. The van der Waals surface area contributed by atoms with Crippen LogP contribution < -0.4 is 11.5 Å². The number of hydrogen-bond acceptors (Lipinski definition) is 5. The summed E-state index contributed by atoms with van der Waals surface area (Å²) in [5.74, 6) is 2.06. The molecule has 0 aromatic heterocycles. The van der Waals surface area contributed by atoms with E-state index in [-0.39, 0.29) is 31.4 Å². The Hall–Kier alpha value is 1.16. The van der Waals surface area contributed by atoms with E-state index in [4.69, 9.17) is 16.6 Å². The molecule has 86 valence electrons. The van der Waals surface area contributed by atoms with Gasteiger partial charge in [-0.3, -0.25) is 0 Å². The predicted octanol–water partition coefficient (Wildman–Crippen LogP) is 1.13. The second kappa shape index (κ2) is 29.2. The molecule has 0 aliphatic carbocycles. The first-order chi connectivity index (χ1) is 5.33. The van der Waals surface area contributed by atoms with Crippen molar-refractivity contribution in [2.75, 3.05) is 31.2 Å². The van der Waals surface area contributed by atoms with Gasteiger partial charge in [-0.15, -0.1) is 24.8 Å². The Bertz CT molecular complexity index is 59.9. The first-order valence-corrected chi connectivity index (χ1v) is 6.07. The van der Waals surface area contributed by atoms with Gasteiger partial charge in [-0.25, -0.2) is 0 Å². The van der Waals surface area contributed by atoms with E-state index in [2.05, 4.69) is 0 Å². The minimum atomic E-state index is 0. The second-order valence-corrected chi connectivity index (χ2v) is 4.24. The van der Waals surface area contributed by atoms with E-state index in [9.17, 15) is 0 Å². The molecule has 0 amide bonds. The number of aliphatic hydroxyl groups excluding tert-OH is 1. The molecule has 0 aliphatic rings. The van der Waals surface area contributed by atoms with Gasteiger partial charge in [0.1, 0.15) is 0 Å². The largest absolute Gasteiger partial charge is 0.397 e. The summed E-state index contributed by atoms with van der Waals surface area (Å²) in [6, 6.07) is 0. The van der Waals surface area contributed by atoms with Gasteiger partial charge in [-0.05, 0) is 6.92 Å². The molecule has 0 rings (SSSR count). The Labute approximate surface area is 101 Å². The first kappa shape index (κ1) is 23.8. The van der Waals surface area contributed by atoms with E-state index in [1.165, 1.54) is 0 Å². The minimum Gasteiger partial charge on any atom is -0.397 e. The molecule has 0 saturated carbocycles. The first-order valence-electron chi connectivity index (χ1n) is 3.58. The normalized spacial score (nSPS) is 7.38. The fourth-order valence-electron chi connectivity index (χ4n) is 0.214. The van der Waals surface area contributed by atoms with E-state index in [1.807, 2.05) is 0 Å². The molecular weight excluding hydrogens is 251 g/mol. The van der Waals surface area contributed by atoms with Crippen LogP contribution in [0.25, 0.3) is 0 Å². The Kier molecular flexibility index (Phi) is 53.4. The number of nitrogens with two attached hydrogens (primary N) is 2. The molecule has 0 fully saturated rings. The Morgan fingerprint density at radius 1 is 1.00 bits per heavy atom. The van der Waals surface area contributed by atoms with E-state index in [0.717, 1.165) is 24.6 Å². The van der Waals surface area contributed by atoms with Gasteiger partial charge in [0.05, 0.1) is 0 Å². The zero-order valence-corrected chi connectivity index (χ0v) is 11.0. The Morgan fingerprint density at radius 2 is 1.23 bits per heavy atom. The number of aliphatic hydroxyl groups is 1. The van der Waals surface area contributed by atoms with Gasteiger partial charge in [-0.2, -0.15) is 0 Å². The molecule has 0 saturated heterocycles. The molecule has 3 nitrogen and oxygen atoms in total. The van der Waals surface area contributed by atoms with Crippen LogP contribution >= 0.6 is 46.4 Å². The molecule has 0 aromatic rings. The van der Waals surface area contributed by atoms with E-state index < -0.39 is 0 Å². The van der Waals surface area contributed by atoms with Crippen molar-refractivity contribution in [3.8, 4) is 0 Å². The lowest BCUT2D eigenvalue weighted by Crippen LogP contribution is -2.02. The summed E-state index contributed by atoms with van der Waals surface area (Å²) in [5, 5.41) is 7.57. The smallest absolute Gasteiger partial charge is 0.0402 e. The van der Waals surface area contributed by atoms with Crippen LogP contribution in [0.5, 0.6) is 0 Å². The van der Waals surface area contributed by atoms with Crippen molar-refractivity contribution < 1.29 is 5.11 Å². The Balaban J connectivity index is -0.0000000720. The van der Waals surface area contributed by atoms with Crippen molar-refractivity contribution in [1.82, 2.24) is 0 Å². The van der Waals surface area contributed by atoms with Crippen LogP contribution in [0.15, 0.2) is 0 Å². The summed E-state index contributed by atoms with van der Waals surface area (Å²) >= 11 is 0. The summed E-state index contributed by atoms with van der Waals surface area (Å²) < 4.78 is 0. The lowest BCUT2D eigenvalue weighted by atomic mass is 10.8. The van der Waals surface area contributed by atoms with E-state index >= 15 is 0 Å². The van der Waals surface area contributed by atoms with Crippen LogP contribution in [0.4, 0.5) is 0 Å². The molecule has 0 bridgehead atoms. The molecule has 0 aromatic carbocycles. The van der Waals surface area contributed by atoms with Gasteiger partial charge in [0.15, 0.2) is 0 Å². The zero-order chi connectivity index (χ0) is 8.95. The van der Waals surface area contributed by atoms with Crippen molar-refractivity contribution in [2.24, 2.45) is 11.5 Å². The van der Waals surface area contributed by atoms with E-state index in [1.54, 1.807) is 28.5 Å². The second-order valence-electron chi connectivity index (χ2n) is 1.54. The van der Waals surface area contributed by atoms with Crippen molar-refractivity contribution in [2.45, 2.75) is 6.92 Å². The van der Waals surface area contributed by atoms with Gasteiger partial charge in [-0.1, -0.05) is 21.6 Å².